The normalized spacial score (nSPS) is 12.6. The van der Waals surface area contributed by atoms with E-state index < -0.39 is 0 Å². The molecule has 96 valence electrons. The van der Waals surface area contributed by atoms with Crippen molar-refractivity contribution in [2.45, 2.75) is 25.9 Å². The summed E-state index contributed by atoms with van der Waals surface area (Å²) < 4.78 is 0. The van der Waals surface area contributed by atoms with E-state index in [0.29, 0.717) is 24.0 Å². The Morgan fingerprint density at radius 2 is 2.22 bits per heavy atom. The highest BCUT2D eigenvalue weighted by Crippen LogP contribution is 2.10. The highest BCUT2D eigenvalue weighted by molar-refractivity contribution is 5.97. The van der Waals surface area contributed by atoms with Gasteiger partial charge in [0.2, 0.25) is 0 Å². The van der Waals surface area contributed by atoms with E-state index in [1.54, 1.807) is 25.1 Å². The number of rotatable bonds is 5. The summed E-state index contributed by atoms with van der Waals surface area (Å²) in [4.78, 5) is 11.8. The van der Waals surface area contributed by atoms with E-state index in [9.17, 15) is 4.79 Å². The Balaban J connectivity index is 1.92. The second-order valence-electron chi connectivity index (χ2n) is 4.27. The molecule has 0 aliphatic heterocycles. The molecule has 0 radical (unpaired) electrons. The van der Waals surface area contributed by atoms with Gasteiger partial charge in [-0.1, -0.05) is 0 Å². The van der Waals surface area contributed by atoms with Gasteiger partial charge in [-0.05, 0) is 38.0 Å². The number of amides is 1. The van der Waals surface area contributed by atoms with Crippen LogP contribution in [0, 0.1) is 0 Å². The fraction of sp³-hybridized carbons (Fsp3) is 0.417. The van der Waals surface area contributed by atoms with Crippen molar-refractivity contribution in [2.75, 3.05) is 6.54 Å². The smallest absolute Gasteiger partial charge is 0.251 e. The third-order valence-electron chi connectivity index (χ3n) is 2.66. The van der Waals surface area contributed by atoms with Crippen molar-refractivity contribution in [2.24, 2.45) is 0 Å². The van der Waals surface area contributed by atoms with E-state index in [1.807, 2.05) is 0 Å². The van der Waals surface area contributed by atoms with Gasteiger partial charge in [-0.15, -0.1) is 0 Å². The predicted octanol–water partition coefficient (Wildman–Crippen LogP) is 0.849. The van der Waals surface area contributed by atoms with Crippen LogP contribution in [-0.2, 0) is 0 Å². The zero-order valence-corrected chi connectivity index (χ0v) is 10.2. The van der Waals surface area contributed by atoms with Crippen LogP contribution in [0.3, 0.4) is 0 Å². The third kappa shape index (κ3) is 3.04. The molecule has 1 aromatic heterocycles. The SMILES string of the molecule is CC(O)CCCNC(=O)c1ccc2n[nH]nc2c1. The lowest BCUT2D eigenvalue weighted by Crippen LogP contribution is -2.25. The number of fused-ring (bicyclic) bond motifs is 1. The molecule has 1 atom stereocenters. The van der Waals surface area contributed by atoms with Crippen LogP contribution in [-0.4, -0.2) is 39.1 Å². The van der Waals surface area contributed by atoms with Gasteiger partial charge in [0.25, 0.3) is 5.91 Å². The average Bonchev–Trinajstić information content (AvgIpc) is 2.81. The molecule has 18 heavy (non-hydrogen) atoms. The lowest BCUT2D eigenvalue weighted by molar-refractivity contribution is 0.0950. The lowest BCUT2D eigenvalue weighted by atomic mass is 10.2. The molecule has 0 aliphatic rings. The van der Waals surface area contributed by atoms with Crippen molar-refractivity contribution in [1.29, 1.82) is 0 Å². The van der Waals surface area contributed by atoms with Crippen LogP contribution in [0.2, 0.25) is 0 Å². The monoisotopic (exact) mass is 248 g/mol. The first kappa shape index (κ1) is 12.5. The molecule has 1 unspecified atom stereocenters. The maximum Gasteiger partial charge on any atom is 0.251 e. The van der Waals surface area contributed by atoms with Crippen LogP contribution in [0.1, 0.15) is 30.1 Å². The summed E-state index contributed by atoms with van der Waals surface area (Å²) in [5, 5.41) is 22.3. The molecule has 3 N–H and O–H groups in total. The topological polar surface area (TPSA) is 90.9 Å². The highest BCUT2D eigenvalue weighted by atomic mass is 16.3. The number of carbonyl (C=O) groups excluding carboxylic acids is 1. The Kier molecular flexibility index (Phi) is 3.88. The fourth-order valence-electron chi connectivity index (χ4n) is 1.68. The molecule has 6 heteroatoms. The quantitative estimate of drug-likeness (QED) is 0.684. The third-order valence-corrected chi connectivity index (χ3v) is 2.66. The number of aliphatic hydroxyl groups is 1. The number of hydrogen-bond acceptors (Lipinski definition) is 4. The number of nitrogens with zero attached hydrogens (tertiary/aromatic N) is 2. The van der Waals surface area contributed by atoms with E-state index in [0.717, 1.165) is 11.9 Å². The number of nitrogens with one attached hydrogen (secondary N) is 2. The minimum absolute atomic E-state index is 0.134. The first-order valence-electron chi connectivity index (χ1n) is 5.93. The second-order valence-corrected chi connectivity index (χ2v) is 4.27. The molecular formula is C12H16N4O2. The van der Waals surface area contributed by atoms with Gasteiger partial charge in [-0.25, -0.2) is 0 Å². The Hall–Kier alpha value is -1.95. The van der Waals surface area contributed by atoms with Gasteiger partial charge in [0.1, 0.15) is 11.0 Å². The summed E-state index contributed by atoms with van der Waals surface area (Å²) in [7, 11) is 0. The summed E-state index contributed by atoms with van der Waals surface area (Å²) in [6.07, 6.45) is 1.12. The van der Waals surface area contributed by atoms with E-state index in [4.69, 9.17) is 5.11 Å². The molecule has 1 amide bonds. The molecule has 0 spiro atoms. The van der Waals surface area contributed by atoms with E-state index in [2.05, 4.69) is 20.7 Å². The van der Waals surface area contributed by atoms with Crippen LogP contribution in [0.15, 0.2) is 18.2 Å². The number of aromatic nitrogens is 3. The molecule has 2 rings (SSSR count). The molecule has 0 saturated heterocycles. The number of hydrogen-bond donors (Lipinski definition) is 3. The molecule has 0 bridgehead atoms. The maximum atomic E-state index is 11.8. The largest absolute Gasteiger partial charge is 0.393 e. The van der Waals surface area contributed by atoms with Crippen LogP contribution in [0.25, 0.3) is 11.0 Å². The summed E-state index contributed by atoms with van der Waals surface area (Å²) in [5.74, 6) is -0.134. The van der Waals surface area contributed by atoms with Crippen molar-refractivity contribution in [3.8, 4) is 0 Å². The molecule has 0 fully saturated rings. The Morgan fingerprint density at radius 3 is 3.00 bits per heavy atom. The van der Waals surface area contributed by atoms with Crippen molar-refractivity contribution in [3.05, 3.63) is 23.8 Å². The molecule has 1 aromatic carbocycles. The number of aliphatic hydroxyl groups excluding tert-OH is 1. The molecule has 1 heterocycles. The second kappa shape index (κ2) is 5.59. The fourth-order valence-corrected chi connectivity index (χ4v) is 1.68. The molecule has 0 aliphatic carbocycles. The van der Waals surface area contributed by atoms with E-state index >= 15 is 0 Å². The summed E-state index contributed by atoms with van der Waals surface area (Å²) in [5.41, 5.74) is 1.97. The van der Waals surface area contributed by atoms with Gasteiger partial charge >= 0.3 is 0 Å². The first-order chi connectivity index (χ1) is 8.66. The van der Waals surface area contributed by atoms with Crippen molar-refractivity contribution in [3.63, 3.8) is 0 Å². The minimum Gasteiger partial charge on any atom is -0.393 e. The van der Waals surface area contributed by atoms with Crippen LogP contribution in [0.4, 0.5) is 0 Å². The first-order valence-corrected chi connectivity index (χ1v) is 5.93. The summed E-state index contributed by atoms with van der Waals surface area (Å²) >= 11 is 0. The number of H-pyrrole nitrogens is 1. The van der Waals surface area contributed by atoms with Gasteiger partial charge in [-0.3, -0.25) is 4.79 Å². The molecule has 2 aromatic rings. The molecule has 0 saturated carbocycles. The van der Waals surface area contributed by atoms with E-state index in [1.165, 1.54) is 0 Å². The Bertz CT molecular complexity index is 536. The maximum absolute atomic E-state index is 11.8. The Labute approximate surface area is 104 Å². The zero-order chi connectivity index (χ0) is 13.0. The minimum atomic E-state index is -0.326. The Morgan fingerprint density at radius 1 is 1.44 bits per heavy atom. The molecule has 6 nitrogen and oxygen atoms in total. The average molecular weight is 248 g/mol. The van der Waals surface area contributed by atoms with Gasteiger partial charge in [0.05, 0.1) is 6.10 Å². The number of benzene rings is 1. The van der Waals surface area contributed by atoms with Gasteiger partial charge < -0.3 is 10.4 Å². The predicted molar refractivity (Wildman–Crippen MR) is 67.1 cm³/mol. The number of aromatic amines is 1. The summed E-state index contributed by atoms with van der Waals surface area (Å²) in [6.45, 7) is 2.29. The van der Waals surface area contributed by atoms with E-state index in [-0.39, 0.29) is 12.0 Å². The van der Waals surface area contributed by atoms with Crippen LogP contribution < -0.4 is 5.32 Å². The molecular weight excluding hydrogens is 232 g/mol. The standard InChI is InChI=1S/C12H16N4O2/c1-8(17)3-2-6-13-12(18)9-4-5-10-11(7-9)15-16-14-10/h4-5,7-8,17H,2-3,6H2,1H3,(H,13,18)(H,14,15,16). The van der Waals surface area contributed by atoms with Crippen LogP contribution in [0.5, 0.6) is 0 Å². The van der Waals surface area contributed by atoms with Gasteiger partial charge in [0.15, 0.2) is 0 Å². The number of carbonyl (C=O) groups is 1. The van der Waals surface area contributed by atoms with Crippen molar-refractivity contribution in [1.82, 2.24) is 20.7 Å². The van der Waals surface area contributed by atoms with Gasteiger partial charge in [0, 0.05) is 12.1 Å². The van der Waals surface area contributed by atoms with Crippen molar-refractivity contribution >= 4 is 16.9 Å². The van der Waals surface area contributed by atoms with Crippen molar-refractivity contribution < 1.29 is 9.90 Å². The summed E-state index contributed by atoms with van der Waals surface area (Å²) in [6, 6.07) is 5.17. The zero-order valence-electron chi connectivity index (χ0n) is 10.2. The van der Waals surface area contributed by atoms with Crippen LogP contribution >= 0.6 is 0 Å². The van der Waals surface area contributed by atoms with Gasteiger partial charge in [-0.2, -0.15) is 15.4 Å². The highest BCUT2D eigenvalue weighted by Gasteiger charge is 2.07. The lowest BCUT2D eigenvalue weighted by Gasteiger charge is -2.06.